The Morgan fingerprint density at radius 1 is 1.32 bits per heavy atom. The van der Waals surface area contributed by atoms with E-state index in [-0.39, 0.29) is 5.82 Å². The number of benzene rings is 1. The highest BCUT2D eigenvalue weighted by Gasteiger charge is 2.28. The van der Waals surface area contributed by atoms with Crippen molar-refractivity contribution >= 4 is 31.9 Å². The summed E-state index contributed by atoms with van der Waals surface area (Å²) in [5.41, 5.74) is 3.10. The van der Waals surface area contributed by atoms with Crippen LogP contribution in [0.25, 0.3) is 11.4 Å². The van der Waals surface area contributed by atoms with E-state index in [1.165, 1.54) is 18.9 Å². The predicted octanol–water partition coefficient (Wildman–Crippen LogP) is 4.82. The van der Waals surface area contributed by atoms with E-state index in [0.29, 0.717) is 16.2 Å². The van der Waals surface area contributed by atoms with E-state index >= 15 is 0 Å². The molecule has 0 aliphatic heterocycles. The van der Waals surface area contributed by atoms with Crippen molar-refractivity contribution in [3.63, 3.8) is 0 Å². The van der Waals surface area contributed by atoms with Crippen molar-refractivity contribution in [2.24, 2.45) is 0 Å². The van der Waals surface area contributed by atoms with E-state index < -0.39 is 0 Å². The van der Waals surface area contributed by atoms with Gasteiger partial charge in [-0.1, -0.05) is 15.9 Å². The van der Waals surface area contributed by atoms with Crippen LogP contribution in [-0.4, -0.2) is 9.97 Å². The topological polar surface area (TPSA) is 25.8 Å². The van der Waals surface area contributed by atoms with Crippen molar-refractivity contribution < 1.29 is 4.39 Å². The van der Waals surface area contributed by atoms with Crippen LogP contribution in [-0.2, 0) is 5.33 Å². The van der Waals surface area contributed by atoms with Gasteiger partial charge in [0.25, 0.3) is 0 Å². The van der Waals surface area contributed by atoms with Gasteiger partial charge in [0.05, 0.1) is 10.2 Å². The molecule has 0 bridgehead atoms. The quantitative estimate of drug-likeness (QED) is 0.708. The number of nitrogens with zero attached hydrogens (tertiary/aromatic N) is 2. The molecule has 19 heavy (non-hydrogen) atoms. The Hall–Kier alpha value is -0.810. The second-order valence-electron chi connectivity index (χ2n) is 4.64. The maximum Gasteiger partial charge on any atom is 0.159 e. The highest BCUT2D eigenvalue weighted by atomic mass is 79.9. The van der Waals surface area contributed by atoms with Crippen LogP contribution in [0.2, 0.25) is 0 Å². The van der Waals surface area contributed by atoms with Gasteiger partial charge in [0.1, 0.15) is 5.82 Å². The maximum absolute atomic E-state index is 13.3. The van der Waals surface area contributed by atoms with Crippen LogP contribution in [0.3, 0.4) is 0 Å². The first-order chi connectivity index (χ1) is 9.19. The molecule has 1 saturated carbocycles. The summed E-state index contributed by atoms with van der Waals surface area (Å²) in [7, 11) is 0. The molecule has 1 heterocycles. The minimum Gasteiger partial charge on any atom is -0.236 e. The van der Waals surface area contributed by atoms with Crippen LogP contribution in [0.15, 0.2) is 28.9 Å². The van der Waals surface area contributed by atoms with Gasteiger partial charge in [-0.15, -0.1) is 0 Å². The van der Waals surface area contributed by atoms with Crippen molar-refractivity contribution in [1.29, 1.82) is 0 Å². The van der Waals surface area contributed by atoms with Crippen LogP contribution < -0.4 is 0 Å². The molecule has 1 aromatic carbocycles. The van der Waals surface area contributed by atoms with Gasteiger partial charge in [-0.3, -0.25) is 0 Å². The summed E-state index contributed by atoms with van der Waals surface area (Å²) in [4.78, 5) is 9.04. The molecule has 5 heteroatoms. The molecule has 0 saturated heterocycles. The molecule has 0 amide bonds. The van der Waals surface area contributed by atoms with Crippen LogP contribution in [0.5, 0.6) is 0 Å². The van der Waals surface area contributed by atoms with E-state index in [1.807, 2.05) is 6.20 Å². The van der Waals surface area contributed by atoms with Gasteiger partial charge in [-0.2, -0.15) is 0 Å². The zero-order valence-corrected chi connectivity index (χ0v) is 13.2. The number of hydrogen-bond donors (Lipinski definition) is 0. The van der Waals surface area contributed by atoms with E-state index in [4.69, 9.17) is 0 Å². The molecule has 1 aliphatic carbocycles. The largest absolute Gasteiger partial charge is 0.236 e. The monoisotopic (exact) mass is 384 g/mol. The summed E-state index contributed by atoms with van der Waals surface area (Å²) in [6.45, 7) is 0. The zero-order valence-electron chi connectivity index (χ0n) is 10.0. The Labute approximate surface area is 127 Å². The van der Waals surface area contributed by atoms with Gasteiger partial charge < -0.3 is 0 Å². The lowest BCUT2D eigenvalue weighted by molar-refractivity contribution is 0.621. The molecule has 1 fully saturated rings. The van der Waals surface area contributed by atoms with Crippen LogP contribution in [0, 0.1) is 5.82 Å². The Bertz CT molecular complexity index is 627. The summed E-state index contributed by atoms with van der Waals surface area (Å²) in [5.74, 6) is 0.953. The molecular weight excluding hydrogens is 375 g/mol. The smallest absolute Gasteiger partial charge is 0.159 e. The SMILES string of the molecule is Fc1ccc(-c2ncc(CBr)c(C3CC3)n2)cc1Br. The van der Waals surface area contributed by atoms with Crippen molar-refractivity contribution in [3.8, 4) is 11.4 Å². The van der Waals surface area contributed by atoms with Crippen LogP contribution in [0.1, 0.15) is 30.0 Å². The number of aromatic nitrogens is 2. The van der Waals surface area contributed by atoms with Gasteiger partial charge in [0.15, 0.2) is 5.82 Å². The molecular formula is C14H11Br2FN2. The fraction of sp³-hybridized carbons (Fsp3) is 0.286. The summed E-state index contributed by atoms with van der Waals surface area (Å²) < 4.78 is 13.7. The number of rotatable bonds is 3. The number of hydrogen-bond acceptors (Lipinski definition) is 2. The number of halogens is 3. The summed E-state index contributed by atoms with van der Waals surface area (Å²) in [5, 5.41) is 0.770. The number of alkyl halides is 1. The molecule has 98 valence electrons. The zero-order chi connectivity index (χ0) is 13.4. The average molecular weight is 386 g/mol. The predicted molar refractivity (Wildman–Crippen MR) is 79.7 cm³/mol. The molecule has 3 rings (SSSR count). The molecule has 0 unspecified atom stereocenters. The lowest BCUT2D eigenvalue weighted by Gasteiger charge is -2.08. The average Bonchev–Trinajstić information content (AvgIpc) is 3.25. The minimum absolute atomic E-state index is 0.275. The summed E-state index contributed by atoms with van der Waals surface area (Å²) >= 11 is 6.66. The molecule has 2 aromatic rings. The summed E-state index contributed by atoms with van der Waals surface area (Å²) in [6.07, 6.45) is 4.26. The van der Waals surface area contributed by atoms with Gasteiger partial charge in [0.2, 0.25) is 0 Å². The third kappa shape index (κ3) is 2.72. The van der Waals surface area contributed by atoms with Gasteiger partial charge in [-0.05, 0) is 47.0 Å². The van der Waals surface area contributed by atoms with E-state index in [9.17, 15) is 4.39 Å². The fourth-order valence-corrected chi connectivity index (χ4v) is 2.82. The Kier molecular flexibility index (Phi) is 3.67. The highest BCUT2D eigenvalue weighted by Crippen LogP contribution is 2.41. The molecule has 0 radical (unpaired) electrons. The second-order valence-corrected chi connectivity index (χ2v) is 6.06. The minimum atomic E-state index is -0.275. The van der Waals surface area contributed by atoms with Crippen molar-refractivity contribution in [1.82, 2.24) is 9.97 Å². The van der Waals surface area contributed by atoms with Crippen molar-refractivity contribution in [2.45, 2.75) is 24.1 Å². The standard InChI is InChI=1S/C14H11Br2FN2/c15-6-10-7-18-14(19-13(10)8-1-2-8)9-3-4-12(17)11(16)5-9/h3-5,7-8H,1-2,6H2. The summed E-state index contributed by atoms with van der Waals surface area (Å²) in [6, 6.07) is 4.85. The maximum atomic E-state index is 13.3. The van der Waals surface area contributed by atoms with Gasteiger partial charge in [0, 0.05) is 28.6 Å². The third-order valence-electron chi connectivity index (χ3n) is 3.18. The second kappa shape index (κ2) is 5.29. The molecule has 1 aliphatic rings. The Balaban J connectivity index is 2.04. The molecule has 0 spiro atoms. The van der Waals surface area contributed by atoms with E-state index in [2.05, 4.69) is 41.8 Å². The van der Waals surface area contributed by atoms with Crippen LogP contribution in [0.4, 0.5) is 4.39 Å². The lowest BCUT2D eigenvalue weighted by Crippen LogP contribution is -1.99. The Morgan fingerprint density at radius 2 is 2.11 bits per heavy atom. The van der Waals surface area contributed by atoms with Crippen molar-refractivity contribution in [3.05, 3.63) is 45.9 Å². The first kappa shape index (κ1) is 13.2. The lowest BCUT2D eigenvalue weighted by atomic mass is 10.1. The van der Waals surface area contributed by atoms with Crippen molar-refractivity contribution in [2.75, 3.05) is 0 Å². The normalized spacial score (nSPS) is 14.7. The molecule has 2 nitrogen and oxygen atoms in total. The molecule has 0 atom stereocenters. The third-order valence-corrected chi connectivity index (χ3v) is 4.40. The van der Waals surface area contributed by atoms with E-state index in [1.54, 1.807) is 12.1 Å². The molecule has 0 N–H and O–H groups in total. The first-order valence-corrected chi connectivity index (χ1v) is 7.97. The first-order valence-electron chi connectivity index (χ1n) is 6.06. The van der Waals surface area contributed by atoms with Crippen LogP contribution >= 0.6 is 31.9 Å². The van der Waals surface area contributed by atoms with Gasteiger partial charge in [-0.25, -0.2) is 14.4 Å². The van der Waals surface area contributed by atoms with E-state index in [0.717, 1.165) is 22.2 Å². The molecule has 1 aromatic heterocycles. The Morgan fingerprint density at radius 3 is 2.74 bits per heavy atom. The highest BCUT2D eigenvalue weighted by molar-refractivity contribution is 9.10. The fourth-order valence-electron chi connectivity index (χ4n) is 2.01. The van der Waals surface area contributed by atoms with Gasteiger partial charge >= 0.3 is 0 Å².